The molecule has 0 saturated carbocycles. The molecule has 0 saturated heterocycles. The van der Waals surface area contributed by atoms with Gasteiger partial charge in [-0.1, -0.05) is 0 Å². The fraction of sp³-hybridized carbons (Fsp3) is 0.0769. The number of nitrogens with zero attached hydrogens (tertiary/aromatic N) is 2. The summed E-state index contributed by atoms with van der Waals surface area (Å²) in [4.78, 5) is 25.6. The molecule has 0 unspecified atom stereocenters. The zero-order chi connectivity index (χ0) is 15.4. The largest absolute Gasteiger partial charge is 0.464 e. The highest BCUT2D eigenvalue weighted by Gasteiger charge is 2.16. The van der Waals surface area contributed by atoms with E-state index in [9.17, 15) is 19.3 Å². The maximum atomic E-state index is 12.8. The first-order valence-corrected chi connectivity index (χ1v) is 5.77. The molecule has 1 aromatic carbocycles. The fourth-order valence-electron chi connectivity index (χ4n) is 1.58. The quantitative estimate of drug-likeness (QED) is 0.528. The van der Waals surface area contributed by atoms with Crippen molar-refractivity contribution in [2.75, 3.05) is 12.4 Å². The number of anilines is 2. The summed E-state index contributed by atoms with van der Waals surface area (Å²) in [5, 5.41) is 13.6. The van der Waals surface area contributed by atoms with Crippen LogP contribution >= 0.6 is 0 Å². The number of ether oxygens (including phenoxy) is 1. The second-order valence-electron chi connectivity index (χ2n) is 3.98. The summed E-state index contributed by atoms with van der Waals surface area (Å²) < 4.78 is 17.3. The molecule has 108 valence electrons. The summed E-state index contributed by atoms with van der Waals surface area (Å²) in [5.74, 6) is -1.13. The van der Waals surface area contributed by atoms with Gasteiger partial charge in [-0.05, 0) is 24.3 Å². The van der Waals surface area contributed by atoms with E-state index in [4.69, 9.17) is 0 Å². The number of methoxy groups -OCH3 is 1. The van der Waals surface area contributed by atoms with Gasteiger partial charge < -0.3 is 10.1 Å². The summed E-state index contributed by atoms with van der Waals surface area (Å²) in [7, 11) is 1.15. The zero-order valence-corrected chi connectivity index (χ0v) is 10.9. The Kier molecular flexibility index (Phi) is 4.07. The van der Waals surface area contributed by atoms with E-state index in [1.807, 2.05) is 0 Å². The molecule has 7 nitrogen and oxygen atoms in total. The average molecular weight is 291 g/mol. The van der Waals surface area contributed by atoms with E-state index >= 15 is 0 Å². The highest BCUT2D eigenvalue weighted by Crippen LogP contribution is 2.21. The van der Waals surface area contributed by atoms with Gasteiger partial charge in [0.1, 0.15) is 11.6 Å². The molecule has 1 aromatic heterocycles. The molecule has 0 bridgehead atoms. The van der Waals surface area contributed by atoms with Crippen molar-refractivity contribution in [1.82, 2.24) is 4.98 Å². The van der Waals surface area contributed by atoms with Crippen LogP contribution in [0.15, 0.2) is 36.4 Å². The van der Waals surface area contributed by atoms with Crippen molar-refractivity contribution in [2.24, 2.45) is 0 Å². The molecule has 0 aliphatic rings. The molecule has 0 radical (unpaired) electrons. The summed E-state index contributed by atoms with van der Waals surface area (Å²) in [5.41, 5.74) is -0.0356. The summed E-state index contributed by atoms with van der Waals surface area (Å²) in [6.07, 6.45) is 0. The minimum atomic E-state index is -0.791. The lowest BCUT2D eigenvalue weighted by molar-refractivity contribution is -0.384. The molecule has 1 heterocycles. The van der Waals surface area contributed by atoms with Crippen molar-refractivity contribution in [3.05, 3.63) is 58.0 Å². The Bertz CT molecular complexity index is 688. The van der Waals surface area contributed by atoms with E-state index in [1.54, 1.807) is 0 Å². The lowest BCUT2D eigenvalue weighted by atomic mass is 10.3. The monoisotopic (exact) mass is 291 g/mol. The molecule has 0 fully saturated rings. The van der Waals surface area contributed by atoms with Crippen LogP contribution in [0.1, 0.15) is 10.5 Å². The van der Waals surface area contributed by atoms with Gasteiger partial charge in [-0.25, -0.2) is 14.2 Å². The molecule has 0 aliphatic carbocycles. The molecule has 1 N–H and O–H groups in total. The van der Waals surface area contributed by atoms with Crippen molar-refractivity contribution >= 4 is 23.2 Å². The number of pyridine rings is 1. The summed E-state index contributed by atoms with van der Waals surface area (Å²) in [6, 6.07) is 7.50. The Hall–Kier alpha value is -3.03. The summed E-state index contributed by atoms with van der Waals surface area (Å²) in [6.45, 7) is 0. The highest BCUT2D eigenvalue weighted by molar-refractivity contribution is 5.88. The molecule has 0 atom stereocenters. The van der Waals surface area contributed by atoms with Crippen LogP contribution in [-0.4, -0.2) is 23.0 Å². The Balaban J connectivity index is 2.37. The van der Waals surface area contributed by atoms with Gasteiger partial charge in [0.15, 0.2) is 5.69 Å². The van der Waals surface area contributed by atoms with Crippen LogP contribution in [0.4, 0.5) is 21.6 Å². The van der Waals surface area contributed by atoms with E-state index in [-0.39, 0.29) is 17.2 Å². The number of rotatable bonds is 4. The SMILES string of the molecule is COC(=O)c1cc([N+](=O)[O-])cc(Nc2ccc(F)cc2)n1. The molecule has 8 heteroatoms. The van der Waals surface area contributed by atoms with E-state index < -0.39 is 16.7 Å². The third-order valence-electron chi connectivity index (χ3n) is 2.53. The molecule has 0 amide bonds. The Morgan fingerprint density at radius 1 is 1.33 bits per heavy atom. The number of hydrogen-bond acceptors (Lipinski definition) is 6. The van der Waals surface area contributed by atoms with Gasteiger partial charge in [-0.2, -0.15) is 0 Å². The fourth-order valence-corrected chi connectivity index (χ4v) is 1.58. The predicted molar refractivity (Wildman–Crippen MR) is 71.9 cm³/mol. The number of aromatic nitrogens is 1. The molecule has 2 rings (SSSR count). The van der Waals surface area contributed by atoms with Gasteiger partial charge in [-0.3, -0.25) is 10.1 Å². The predicted octanol–water partition coefficient (Wildman–Crippen LogP) is 2.66. The number of benzene rings is 1. The Morgan fingerprint density at radius 2 is 2.00 bits per heavy atom. The van der Waals surface area contributed by atoms with Crippen LogP contribution in [0.2, 0.25) is 0 Å². The van der Waals surface area contributed by atoms with Crippen molar-refractivity contribution in [2.45, 2.75) is 0 Å². The lowest BCUT2D eigenvalue weighted by Gasteiger charge is -2.07. The van der Waals surface area contributed by atoms with Crippen molar-refractivity contribution in [3.63, 3.8) is 0 Å². The average Bonchev–Trinajstić information content (AvgIpc) is 2.48. The zero-order valence-electron chi connectivity index (χ0n) is 10.9. The van der Waals surface area contributed by atoms with Gasteiger partial charge in [0, 0.05) is 11.8 Å². The lowest BCUT2D eigenvalue weighted by Crippen LogP contribution is -2.07. The maximum absolute atomic E-state index is 12.8. The second-order valence-corrected chi connectivity index (χ2v) is 3.98. The van der Waals surface area contributed by atoms with Crippen molar-refractivity contribution < 1.29 is 18.8 Å². The van der Waals surface area contributed by atoms with Gasteiger partial charge in [0.25, 0.3) is 5.69 Å². The Morgan fingerprint density at radius 3 is 2.57 bits per heavy atom. The topological polar surface area (TPSA) is 94.4 Å². The molecule has 0 spiro atoms. The smallest absolute Gasteiger partial charge is 0.356 e. The normalized spacial score (nSPS) is 10.0. The number of hydrogen-bond donors (Lipinski definition) is 1. The first-order valence-electron chi connectivity index (χ1n) is 5.77. The third kappa shape index (κ3) is 3.50. The standard InChI is InChI=1S/C13H10FN3O4/c1-21-13(18)11-6-10(17(19)20)7-12(16-11)15-9-4-2-8(14)3-5-9/h2-7H,1H3,(H,15,16). The van der Waals surface area contributed by atoms with Crippen LogP contribution in [-0.2, 0) is 4.74 Å². The maximum Gasteiger partial charge on any atom is 0.356 e. The molecule has 21 heavy (non-hydrogen) atoms. The van der Waals surface area contributed by atoms with Crippen LogP contribution in [0.25, 0.3) is 0 Å². The number of carbonyl (C=O) groups excluding carboxylic acids is 1. The Labute approximate surface area is 118 Å². The molecular formula is C13H10FN3O4. The van der Waals surface area contributed by atoms with E-state index in [0.29, 0.717) is 5.69 Å². The number of nitrogens with one attached hydrogen (secondary N) is 1. The van der Waals surface area contributed by atoms with Gasteiger partial charge in [-0.15, -0.1) is 0 Å². The molecular weight excluding hydrogens is 281 g/mol. The van der Waals surface area contributed by atoms with Gasteiger partial charge in [0.05, 0.1) is 18.1 Å². The second kappa shape index (κ2) is 5.95. The highest BCUT2D eigenvalue weighted by atomic mass is 19.1. The van der Waals surface area contributed by atoms with Crippen LogP contribution in [0.3, 0.4) is 0 Å². The summed E-state index contributed by atoms with van der Waals surface area (Å²) >= 11 is 0. The third-order valence-corrected chi connectivity index (χ3v) is 2.53. The molecule has 0 aliphatic heterocycles. The van der Waals surface area contributed by atoms with Crippen LogP contribution < -0.4 is 5.32 Å². The first kappa shape index (κ1) is 14.4. The van der Waals surface area contributed by atoms with Gasteiger partial charge in [0.2, 0.25) is 0 Å². The number of carbonyl (C=O) groups is 1. The minimum absolute atomic E-state index is 0.0798. The van der Waals surface area contributed by atoms with E-state index in [0.717, 1.165) is 19.2 Å². The van der Waals surface area contributed by atoms with Crippen molar-refractivity contribution in [3.8, 4) is 0 Å². The minimum Gasteiger partial charge on any atom is -0.464 e. The van der Waals surface area contributed by atoms with E-state index in [2.05, 4.69) is 15.0 Å². The van der Waals surface area contributed by atoms with Crippen LogP contribution in [0.5, 0.6) is 0 Å². The van der Waals surface area contributed by atoms with Crippen molar-refractivity contribution in [1.29, 1.82) is 0 Å². The van der Waals surface area contributed by atoms with E-state index in [1.165, 1.54) is 24.3 Å². The molecule has 2 aromatic rings. The number of nitro groups is 1. The number of esters is 1. The first-order chi connectivity index (χ1) is 9.99. The van der Waals surface area contributed by atoms with Gasteiger partial charge >= 0.3 is 5.97 Å². The number of halogens is 1. The van der Waals surface area contributed by atoms with Crippen LogP contribution in [0, 0.1) is 15.9 Å².